The Morgan fingerprint density at radius 2 is 1.92 bits per heavy atom. The molecular formula is C21H18N2O2S. The van der Waals surface area contributed by atoms with E-state index < -0.39 is 0 Å². The summed E-state index contributed by atoms with van der Waals surface area (Å²) in [6.45, 7) is 0. The third kappa shape index (κ3) is 2.47. The minimum absolute atomic E-state index is 0.175. The number of fused-ring (bicyclic) bond motifs is 3. The number of thiophene rings is 1. The number of methoxy groups -OCH3 is 1. The number of ether oxygens (including phenoxy) is 2. The van der Waals surface area contributed by atoms with Crippen LogP contribution in [0.4, 0.5) is 0 Å². The summed E-state index contributed by atoms with van der Waals surface area (Å²) in [6.07, 6.45) is 0.694. The molecule has 2 atom stereocenters. The second-order valence-electron chi connectivity index (χ2n) is 6.40. The molecule has 26 heavy (non-hydrogen) atoms. The van der Waals surface area contributed by atoms with E-state index >= 15 is 0 Å². The summed E-state index contributed by atoms with van der Waals surface area (Å²) < 4.78 is 11.6. The lowest BCUT2D eigenvalue weighted by Gasteiger charge is -2.37. The highest BCUT2D eigenvalue weighted by atomic mass is 32.1. The lowest BCUT2D eigenvalue weighted by atomic mass is 9.96. The van der Waals surface area contributed by atoms with Crippen LogP contribution in [0, 0.1) is 0 Å². The Labute approximate surface area is 156 Å². The lowest BCUT2D eigenvalue weighted by Crippen LogP contribution is -2.33. The molecule has 2 aromatic carbocycles. The summed E-state index contributed by atoms with van der Waals surface area (Å²) in [7, 11) is 1.68. The number of para-hydroxylation sites is 1. The van der Waals surface area contributed by atoms with E-state index in [4.69, 9.17) is 14.6 Å². The zero-order chi connectivity index (χ0) is 17.5. The number of hydrazone groups is 1. The molecule has 3 aromatic rings. The van der Waals surface area contributed by atoms with Crippen molar-refractivity contribution in [3.8, 4) is 11.5 Å². The maximum atomic E-state index is 6.32. The average Bonchev–Trinajstić information content (AvgIpc) is 3.37. The smallest absolute Gasteiger partial charge is 0.222 e. The summed E-state index contributed by atoms with van der Waals surface area (Å²) in [4.78, 5) is 1.17. The molecule has 0 bridgehead atoms. The molecule has 0 saturated heterocycles. The highest BCUT2D eigenvalue weighted by Crippen LogP contribution is 2.48. The van der Waals surface area contributed by atoms with Gasteiger partial charge in [-0.3, -0.25) is 0 Å². The molecule has 0 fully saturated rings. The molecule has 2 aliphatic rings. The molecule has 3 heterocycles. The first-order valence-corrected chi connectivity index (χ1v) is 9.50. The van der Waals surface area contributed by atoms with Crippen LogP contribution in [-0.4, -0.2) is 17.8 Å². The van der Waals surface area contributed by atoms with Gasteiger partial charge in [-0.2, -0.15) is 5.10 Å². The first-order valence-electron chi connectivity index (χ1n) is 8.63. The molecule has 0 amide bonds. The van der Waals surface area contributed by atoms with Crippen LogP contribution in [0.3, 0.4) is 0 Å². The van der Waals surface area contributed by atoms with Crippen LogP contribution in [0.15, 0.2) is 71.1 Å². The van der Waals surface area contributed by atoms with E-state index in [1.807, 2.05) is 18.2 Å². The van der Waals surface area contributed by atoms with Gasteiger partial charge in [0, 0.05) is 12.0 Å². The van der Waals surface area contributed by atoms with Crippen molar-refractivity contribution < 1.29 is 9.47 Å². The highest BCUT2D eigenvalue weighted by Gasteiger charge is 2.41. The van der Waals surface area contributed by atoms with E-state index in [1.54, 1.807) is 18.4 Å². The molecule has 0 N–H and O–H groups in total. The van der Waals surface area contributed by atoms with Gasteiger partial charge in [0.1, 0.15) is 11.5 Å². The fourth-order valence-electron chi connectivity index (χ4n) is 3.61. The largest absolute Gasteiger partial charge is 0.497 e. The number of nitrogens with zero attached hydrogens (tertiary/aromatic N) is 2. The molecule has 4 nitrogen and oxygen atoms in total. The molecule has 2 aliphatic heterocycles. The van der Waals surface area contributed by atoms with Gasteiger partial charge in [-0.25, -0.2) is 5.01 Å². The SMILES string of the molecule is COc1ccc(C2=NN3[C@H](C2)c2ccccc2O[C@H]3c2cccs2)cc1. The summed E-state index contributed by atoms with van der Waals surface area (Å²) >= 11 is 1.70. The number of hydrogen-bond donors (Lipinski definition) is 0. The van der Waals surface area contributed by atoms with Crippen LogP contribution in [-0.2, 0) is 0 Å². The maximum Gasteiger partial charge on any atom is 0.222 e. The topological polar surface area (TPSA) is 34.1 Å². The Hall–Kier alpha value is -2.79. The van der Waals surface area contributed by atoms with E-state index in [9.17, 15) is 0 Å². The van der Waals surface area contributed by atoms with Crippen LogP contribution in [0.2, 0.25) is 0 Å². The van der Waals surface area contributed by atoms with Crippen molar-refractivity contribution >= 4 is 17.0 Å². The van der Waals surface area contributed by atoms with Gasteiger partial charge in [0.15, 0.2) is 0 Å². The first kappa shape index (κ1) is 15.5. The van der Waals surface area contributed by atoms with Crippen LogP contribution >= 0.6 is 11.3 Å². The van der Waals surface area contributed by atoms with Gasteiger partial charge in [-0.15, -0.1) is 11.3 Å². The quantitative estimate of drug-likeness (QED) is 0.658. The molecule has 0 saturated carbocycles. The van der Waals surface area contributed by atoms with Crippen molar-refractivity contribution in [3.05, 3.63) is 82.0 Å². The van der Waals surface area contributed by atoms with Crippen molar-refractivity contribution in [2.24, 2.45) is 5.10 Å². The average molecular weight is 362 g/mol. The van der Waals surface area contributed by atoms with Gasteiger partial charge >= 0.3 is 0 Å². The molecule has 0 unspecified atom stereocenters. The molecule has 5 rings (SSSR count). The van der Waals surface area contributed by atoms with Gasteiger partial charge < -0.3 is 9.47 Å². The Morgan fingerprint density at radius 1 is 1.08 bits per heavy atom. The Morgan fingerprint density at radius 3 is 2.69 bits per heavy atom. The standard InChI is InChI=1S/C21H18N2O2S/c1-24-15-10-8-14(9-11-15)17-13-18-16-5-2-3-6-19(16)25-21(23(18)22-17)20-7-4-12-26-20/h2-12,18,21H,13H2,1H3/t18-,21+/m1/s1. The summed E-state index contributed by atoms with van der Waals surface area (Å²) in [5, 5.41) is 9.16. The molecule has 5 heteroatoms. The molecule has 0 aliphatic carbocycles. The van der Waals surface area contributed by atoms with Crippen LogP contribution < -0.4 is 9.47 Å². The highest BCUT2D eigenvalue weighted by molar-refractivity contribution is 7.10. The first-order chi connectivity index (χ1) is 12.8. The minimum atomic E-state index is -0.175. The van der Waals surface area contributed by atoms with Crippen LogP contribution in [0.5, 0.6) is 11.5 Å². The van der Waals surface area contributed by atoms with Crippen LogP contribution in [0.25, 0.3) is 0 Å². The van der Waals surface area contributed by atoms with E-state index in [0.717, 1.165) is 29.2 Å². The maximum absolute atomic E-state index is 6.32. The van der Waals surface area contributed by atoms with E-state index in [-0.39, 0.29) is 12.3 Å². The second kappa shape index (κ2) is 6.18. The predicted molar refractivity (Wildman–Crippen MR) is 103 cm³/mol. The predicted octanol–water partition coefficient (Wildman–Crippen LogP) is 5.00. The Kier molecular flexibility index (Phi) is 3.68. The van der Waals surface area contributed by atoms with E-state index in [1.165, 1.54) is 10.4 Å². The van der Waals surface area contributed by atoms with Gasteiger partial charge in [0.05, 0.1) is 23.7 Å². The lowest BCUT2D eigenvalue weighted by molar-refractivity contribution is -0.0165. The zero-order valence-electron chi connectivity index (χ0n) is 14.3. The summed E-state index contributed by atoms with van der Waals surface area (Å²) in [5.41, 5.74) is 3.41. The Bertz CT molecular complexity index is 950. The van der Waals surface area contributed by atoms with Gasteiger partial charge in [-0.05, 0) is 47.3 Å². The molecule has 1 aromatic heterocycles. The number of rotatable bonds is 3. The second-order valence-corrected chi connectivity index (χ2v) is 7.38. The van der Waals surface area contributed by atoms with E-state index in [0.29, 0.717) is 0 Å². The van der Waals surface area contributed by atoms with Crippen molar-refractivity contribution in [2.45, 2.75) is 18.7 Å². The molecule has 0 spiro atoms. The molecule has 0 radical (unpaired) electrons. The van der Waals surface area contributed by atoms with Gasteiger partial charge in [0.25, 0.3) is 0 Å². The van der Waals surface area contributed by atoms with E-state index in [2.05, 4.69) is 52.9 Å². The van der Waals surface area contributed by atoms with Crippen molar-refractivity contribution in [1.29, 1.82) is 0 Å². The van der Waals surface area contributed by atoms with Crippen LogP contribution in [0.1, 0.15) is 34.7 Å². The Balaban J connectivity index is 1.56. The van der Waals surface area contributed by atoms with Gasteiger partial charge in [0.2, 0.25) is 6.23 Å². The van der Waals surface area contributed by atoms with Crippen molar-refractivity contribution in [3.63, 3.8) is 0 Å². The van der Waals surface area contributed by atoms with Gasteiger partial charge in [-0.1, -0.05) is 24.3 Å². The summed E-state index contributed by atoms with van der Waals surface area (Å²) in [5.74, 6) is 1.81. The third-order valence-electron chi connectivity index (χ3n) is 4.91. The molecular weight excluding hydrogens is 344 g/mol. The third-order valence-corrected chi connectivity index (χ3v) is 5.81. The fraction of sp³-hybridized carbons (Fsp3) is 0.190. The number of benzene rings is 2. The normalized spacial score (nSPS) is 20.8. The molecule has 130 valence electrons. The van der Waals surface area contributed by atoms with Crippen molar-refractivity contribution in [1.82, 2.24) is 5.01 Å². The minimum Gasteiger partial charge on any atom is -0.497 e. The fourth-order valence-corrected chi connectivity index (χ4v) is 4.36. The van der Waals surface area contributed by atoms with Crippen molar-refractivity contribution in [2.75, 3.05) is 7.11 Å². The summed E-state index contributed by atoms with van der Waals surface area (Å²) in [6, 6.07) is 20.8. The zero-order valence-corrected chi connectivity index (χ0v) is 15.1. The number of hydrogen-bond acceptors (Lipinski definition) is 5. The monoisotopic (exact) mass is 362 g/mol.